The Morgan fingerprint density at radius 3 is 2.49 bits per heavy atom. The average molecular weight is 955 g/mol. The third kappa shape index (κ3) is 12.5. The molecule has 4 aliphatic rings. The number of hydrogen-bond acceptors (Lipinski definition) is 10. The van der Waals surface area contributed by atoms with Crippen LogP contribution in [0.2, 0.25) is 0 Å². The number of likely N-dealkylation sites (tertiary alicyclic amines) is 1. The number of oxime groups is 1. The number of ether oxygens (including phenoxy) is 2. The Bertz CT molecular complexity index is 2560. The van der Waals surface area contributed by atoms with Gasteiger partial charge in [-0.1, -0.05) is 79.7 Å². The summed E-state index contributed by atoms with van der Waals surface area (Å²) in [6, 6.07) is 19.7. The van der Waals surface area contributed by atoms with Gasteiger partial charge in [-0.25, -0.2) is 4.79 Å². The van der Waals surface area contributed by atoms with Gasteiger partial charge in [0, 0.05) is 92.6 Å². The van der Waals surface area contributed by atoms with Gasteiger partial charge in [-0.05, 0) is 101 Å². The normalized spacial score (nSPS) is 22.1. The van der Waals surface area contributed by atoms with Crippen molar-refractivity contribution in [1.29, 1.82) is 0 Å². The molecule has 0 spiro atoms. The highest BCUT2D eigenvalue weighted by Crippen LogP contribution is 2.48. The first-order valence-electron chi connectivity index (χ1n) is 25.1. The van der Waals surface area contributed by atoms with E-state index in [1.54, 1.807) is 17.9 Å². The highest BCUT2D eigenvalue weighted by Gasteiger charge is 2.43. The van der Waals surface area contributed by atoms with Gasteiger partial charge in [0.25, 0.3) is 5.91 Å². The third-order valence-corrected chi connectivity index (χ3v) is 13.9. The van der Waals surface area contributed by atoms with Crippen molar-refractivity contribution in [3.05, 3.63) is 131 Å². The number of phenols is 2. The number of para-hydroxylation sites is 2. The molecule has 2 amide bonds. The summed E-state index contributed by atoms with van der Waals surface area (Å²) in [6.45, 7) is 13.7. The van der Waals surface area contributed by atoms with Gasteiger partial charge in [-0.3, -0.25) is 9.59 Å². The molecule has 3 aromatic rings. The molecule has 1 fully saturated rings. The van der Waals surface area contributed by atoms with E-state index in [1.165, 1.54) is 40.0 Å². The molecular formula is C57H72N5O8+. The smallest absolute Gasteiger partial charge is 0.342 e. The van der Waals surface area contributed by atoms with Crippen LogP contribution < -0.4 is 10.2 Å². The average Bonchev–Trinajstić information content (AvgIpc) is 3.66. The summed E-state index contributed by atoms with van der Waals surface area (Å²) >= 11 is 0. The molecular weight excluding hydrogens is 883 g/mol. The van der Waals surface area contributed by atoms with Gasteiger partial charge in [-0.2, -0.15) is 4.58 Å². The van der Waals surface area contributed by atoms with Gasteiger partial charge < -0.3 is 39.6 Å². The molecule has 0 radical (unpaired) electrons. The number of phenolic OH excluding ortho intramolecular Hbond substituents is 2. The number of anilines is 1. The van der Waals surface area contributed by atoms with Gasteiger partial charge in [0.2, 0.25) is 11.6 Å². The fourth-order valence-corrected chi connectivity index (χ4v) is 10.1. The monoisotopic (exact) mass is 955 g/mol. The van der Waals surface area contributed by atoms with E-state index in [4.69, 9.17) is 14.3 Å². The van der Waals surface area contributed by atoms with Crippen LogP contribution in [0.1, 0.15) is 119 Å². The van der Waals surface area contributed by atoms with E-state index in [0.717, 1.165) is 44.7 Å². The van der Waals surface area contributed by atoms with Crippen molar-refractivity contribution < 1.29 is 43.5 Å². The van der Waals surface area contributed by atoms with Crippen molar-refractivity contribution >= 4 is 40.6 Å². The minimum Gasteiger partial charge on any atom is -0.508 e. The summed E-state index contributed by atoms with van der Waals surface area (Å²) in [7, 11) is 2.15. The maximum absolute atomic E-state index is 13.3. The number of piperidine rings is 1. The zero-order valence-electron chi connectivity index (χ0n) is 41.9. The van der Waals surface area contributed by atoms with E-state index in [-0.39, 0.29) is 53.1 Å². The largest absolute Gasteiger partial charge is 0.508 e. The van der Waals surface area contributed by atoms with Crippen molar-refractivity contribution in [2.75, 3.05) is 51.3 Å². The number of unbranched alkanes of at least 4 members (excludes halogenated alkanes) is 1. The van der Waals surface area contributed by atoms with E-state index in [1.807, 2.05) is 18.2 Å². The number of nitrogens with one attached hydrogen (secondary N) is 1. The molecule has 4 aliphatic heterocycles. The highest BCUT2D eigenvalue weighted by atomic mass is 16.6. The standard InChI is InChI=1S/C57H71N5O8/c1-40-20-16-22-44(23-17-21-42(59-69-39-53(66)61-32-13-7-14-33-61)36-41-37-43(63)38-49(64)54(41)55(67)70-40)68-35-19-31-58-52(65)30-12-15-34-62-48-27-11-9-25-46(48)57(4,5)51(62)29-18-28-50-56(2,3)45-24-8-10-26-47(45)60(50)6/h8-11,16-18,21-22,24-29,37-38,40,44H,7,12-15,19-20,23,30-36,39H2,1-6H3,(H2-,58,63,64,65,67)/p+1/b21-17+,22-16+,59-42?/t40-,44?/m1/s1. The van der Waals surface area contributed by atoms with E-state index in [9.17, 15) is 24.6 Å². The Labute approximate surface area is 413 Å². The maximum atomic E-state index is 13.3. The Kier molecular flexibility index (Phi) is 17.2. The molecule has 13 heteroatoms. The predicted octanol–water partition coefficient (Wildman–Crippen LogP) is 9.48. The fourth-order valence-electron chi connectivity index (χ4n) is 10.1. The molecule has 0 bridgehead atoms. The van der Waals surface area contributed by atoms with Crippen molar-refractivity contribution in [2.24, 2.45) is 5.16 Å². The Balaban J connectivity index is 0.910. The maximum Gasteiger partial charge on any atom is 0.342 e. The summed E-state index contributed by atoms with van der Waals surface area (Å²) in [5.41, 5.74) is 7.91. The first kappa shape index (κ1) is 51.4. The van der Waals surface area contributed by atoms with Crippen LogP contribution in [0.25, 0.3) is 0 Å². The van der Waals surface area contributed by atoms with Crippen molar-refractivity contribution in [1.82, 2.24) is 10.2 Å². The van der Waals surface area contributed by atoms with Crippen LogP contribution in [0.15, 0.2) is 114 Å². The number of carbonyl (C=O) groups excluding carboxylic acids is 3. The summed E-state index contributed by atoms with van der Waals surface area (Å²) in [5.74, 6) is -1.51. The van der Waals surface area contributed by atoms with Crippen LogP contribution in [0, 0.1) is 0 Å². The van der Waals surface area contributed by atoms with Gasteiger partial charge in [0.15, 0.2) is 12.3 Å². The number of amides is 2. The molecule has 1 unspecified atom stereocenters. The fraction of sp³-hybridized carbons (Fsp3) is 0.456. The molecule has 3 N–H and O–H groups in total. The first-order chi connectivity index (χ1) is 33.6. The van der Waals surface area contributed by atoms with E-state index in [2.05, 4.69) is 121 Å². The van der Waals surface area contributed by atoms with Crippen LogP contribution in [-0.2, 0) is 41.2 Å². The van der Waals surface area contributed by atoms with Crippen molar-refractivity contribution in [3.63, 3.8) is 0 Å². The van der Waals surface area contributed by atoms with Crippen LogP contribution in [0.4, 0.5) is 11.4 Å². The van der Waals surface area contributed by atoms with E-state index < -0.39 is 17.8 Å². The number of rotatable bonds is 15. The number of allylic oxidation sites excluding steroid dienone is 5. The first-order valence-corrected chi connectivity index (χ1v) is 25.1. The number of nitrogens with zero attached hydrogens (tertiary/aromatic N) is 4. The highest BCUT2D eigenvalue weighted by molar-refractivity contribution is 6.03. The molecule has 0 saturated carbocycles. The summed E-state index contributed by atoms with van der Waals surface area (Å²) in [6.07, 6.45) is 19.9. The molecule has 0 aromatic heterocycles. The SMILES string of the molecule is C[C@@H]1C/C=C/C(OCCCNC(=O)CCCCN2/C(=C\C=C\C3=[N+](C)c4ccccc4C3(C)C)C(C)(C)c3ccccc32)C/C=C/C(=NOCC(=O)N2CCCCC2)Cc2cc(O)cc(O)c2C(=O)O1. The minimum absolute atomic E-state index is 0.00315. The lowest BCUT2D eigenvalue weighted by Gasteiger charge is -2.27. The molecule has 4 heterocycles. The molecule has 3 aromatic carbocycles. The summed E-state index contributed by atoms with van der Waals surface area (Å²) < 4.78 is 14.3. The lowest BCUT2D eigenvalue weighted by atomic mass is 9.81. The van der Waals surface area contributed by atoms with Crippen LogP contribution in [-0.4, -0.2) is 108 Å². The second-order valence-corrected chi connectivity index (χ2v) is 19.9. The molecule has 13 nitrogen and oxygen atoms in total. The Morgan fingerprint density at radius 2 is 1.70 bits per heavy atom. The van der Waals surface area contributed by atoms with Crippen LogP contribution in [0.5, 0.6) is 11.5 Å². The number of benzene rings is 3. The number of fused-ring (bicyclic) bond motifs is 3. The molecule has 7 rings (SSSR count). The minimum atomic E-state index is -0.736. The molecule has 0 aliphatic carbocycles. The van der Waals surface area contributed by atoms with E-state index >= 15 is 0 Å². The zero-order valence-corrected chi connectivity index (χ0v) is 41.9. The molecule has 2 atom stereocenters. The molecule has 372 valence electrons. The Morgan fingerprint density at radius 1 is 0.943 bits per heavy atom. The summed E-state index contributed by atoms with van der Waals surface area (Å²) in [4.78, 5) is 48.9. The number of esters is 1. The quantitative estimate of drug-likeness (QED) is 0.0445. The van der Waals surface area contributed by atoms with Crippen LogP contribution >= 0.6 is 0 Å². The van der Waals surface area contributed by atoms with Gasteiger partial charge >= 0.3 is 5.97 Å². The topological polar surface area (TPSA) is 153 Å². The number of hydrogen-bond donors (Lipinski definition) is 3. The lowest BCUT2D eigenvalue weighted by molar-refractivity contribution is -0.401. The predicted molar refractivity (Wildman–Crippen MR) is 275 cm³/mol. The van der Waals surface area contributed by atoms with Gasteiger partial charge in [-0.15, -0.1) is 0 Å². The zero-order chi connectivity index (χ0) is 49.8. The Hall–Kier alpha value is -6.47. The third-order valence-electron chi connectivity index (χ3n) is 13.9. The van der Waals surface area contributed by atoms with Crippen molar-refractivity contribution in [2.45, 2.75) is 122 Å². The van der Waals surface area contributed by atoms with Crippen molar-refractivity contribution in [3.8, 4) is 11.5 Å². The molecule has 70 heavy (non-hydrogen) atoms. The second-order valence-electron chi connectivity index (χ2n) is 19.9. The molecule has 1 saturated heterocycles. The number of carbonyl (C=O) groups is 3. The number of cyclic esters (lactones) is 1. The summed E-state index contributed by atoms with van der Waals surface area (Å²) in [5, 5.41) is 28.4. The lowest BCUT2D eigenvalue weighted by Crippen LogP contribution is -2.37. The van der Waals surface area contributed by atoms with Crippen LogP contribution in [0.3, 0.4) is 0 Å². The van der Waals surface area contributed by atoms with Gasteiger partial charge in [0.05, 0.1) is 17.2 Å². The second kappa shape index (κ2) is 23.4. The van der Waals surface area contributed by atoms with E-state index in [0.29, 0.717) is 63.2 Å². The number of aromatic hydroxyl groups is 2. The van der Waals surface area contributed by atoms with Gasteiger partial charge in [0.1, 0.15) is 30.2 Å².